The molecule has 11 heavy (non-hydrogen) atoms. The number of hydrogen-bond donors (Lipinski definition) is 1. The van der Waals surface area contributed by atoms with E-state index in [0.717, 1.165) is 5.75 Å². The smallest absolute Gasteiger partial charge is 0.120 e. The van der Waals surface area contributed by atoms with Crippen LogP contribution in [0.1, 0.15) is 0 Å². The number of hydrogen-bond acceptors (Lipinski definition) is 2. The molecule has 2 N–H and O–H groups in total. The summed E-state index contributed by atoms with van der Waals surface area (Å²) in [5.41, 5.74) is 5.26. The quantitative estimate of drug-likeness (QED) is 0.751. The van der Waals surface area contributed by atoms with Crippen LogP contribution in [0.25, 0.3) is 0 Å². The maximum absolute atomic E-state index is 5.71. The summed E-state index contributed by atoms with van der Waals surface area (Å²) in [5, 5.41) is 0.680. The Morgan fingerprint density at radius 1 is 1.45 bits per heavy atom. The van der Waals surface area contributed by atoms with Gasteiger partial charge in [0.25, 0.3) is 0 Å². The van der Waals surface area contributed by atoms with Gasteiger partial charge in [0.05, 0.1) is 0 Å². The molecule has 2 nitrogen and oxygen atoms in total. The van der Waals surface area contributed by atoms with E-state index >= 15 is 0 Å². The highest BCUT2D eigenvalue weighted by atomic mass is 35.5. The lowest BCUT2D eigenvalue weighted by molar-refractivity contribution is 0.328. The maximum atomic E-state index is 5.71. The van der Waals surface area contributed by atoms with Crippen LogP contribution in [0.2, 0.25) is 5.02 Å². The highest BCUT2D eigenvalue weighted by molar-refractivity contribution is 6.30. The molecule has 0 atom stereocenters. The zero-order valence-corrected chi connectivity index (χ0v) is 6.84. The van der Waals surface area contributed by atoms with Crippen molar-refractivity contribution < 1.29 is 4.74 Å². The van der Waals surface area contributed by atoms with Crippen molar-refractivity contribution in [3.8, 4) is 5.75 Å². The fourth-order valence-corrected chi connectivity index (χ4v) is 0.914. The Bertz CT molecular complexity index is 227. The lowest BCUT2D eigenvalue weighted by atomic mass is 10.3. The van der Waals surface area contributed by atoms with Crippen LogP contribution in [0.4, 0.5) is 0 Å². The summed E-state index contributed by atoms with van der Waals surface area (Å²) in [7, 11) is 0. The van der Waals surface area contributed by atoms with Gasteiger partial charge in [0, 0.05) is 11.6 Å². The summed E-state index contributed by atoms with van der Waals surface area (Å²) in [4.78, 5) is 0. The Kier molecular flexibility index (Phi) is 3.20. The topological polar surface area (TPSA) is 35.2 Å². The molecule has 0 aliphatic heterocycles. The van der Waals surface area contributed by atoms with Crippen LogP contribution in [-0.4, -0.2) is 13.2 Å². The number of halogens is 1. The first-order chi connectivity index (χ1) is 5.33. The van der Waals surface area contributed by atoms with E-state index < -0.39 is 0 Å². The average molecular weight is 172 g/mol. The molecular formula is C8H10ClNO. The van der Waals surface area contributed by atoms with Gasteiger partial charge in [-0.3, -0.25) is 0 Å². The fraction of sp³-hybridized carbons (Fsp3) is 0.250. The molecule has 3 heteroatoms. The first kappa shape index (κ1) is 8.37. The van der Waals surface area contributed by atoms with Crippen LogP contribution in [0, 0.1) is 0 Å². The third kappa shape index (κ3) is 2.78. The molecule has 0 bridgehead atoms. The van der Waals surface area contributed by atoms with Crippen LogP contribution in [0.5, 0.6) is 5.75 Å². The largest absolute Gasteiger partial charge is 0.492 e. The molecule has 0 radical (unpaired) electrons. The van der Waals surface area contributed by atoms with E-state index in [1.54, 1.807) is 12.1 Å². The van der Waals surface area contributed by atoms with Crippen molar-refractivity contribution >= 4 is 11.6 Å². The number of ether oxygens (including phenoxy) is 1. The third-order valence-electron chi connectivity index (χ3n) is 1.18. The predicted molar refractivity (Wildman–Crippen MR) is 46.0 cm³/mol. The van der Waals surface area contributed by atoms with Gasteiger partial charge < -0.3 is 10.5 Å². The monoisotopic (exact) mass is 171 g/mol. The maximum Gasteiger partial charge on any atom is 0.120 e. The Morgan fingerprint density at radius 2 is 2.27 bits per heavy atom. The molecule has 0 unspecified atom stereocenters. The summed E-state index contributed by atoms with van der Waals surface area (Å²) >= 11 is 5.71. The molecule has 0 saturated carbocycles. The van der Waals surface area contributed by atoms with Crippen LogP contribution in [0.3, 0.4) is 0 Å². The van der Waals surface area contributed by atoms with E-state index in [1.807, 2.05) is 12.1 Å². The molecule has 0 aliphatic carbocycles. The molecule has 0 aliphatic rings. The minimum absolute atomic E-state index is 0.520. The first-order valence-electron chi connectivity index (χ1n) is 3.41. The fourth-order valence-electron chi connectivity index (χ4n) is 0.734. The molecule has 0 fully saturated rings. The zero-order chi connectivity index (χ0) is 8.10. The molecule has 60 valence electrons. The Balaban J connectivity index is 2.56. The standard InChI is InChI=1S/C8H10ClNO/c9-7-2-1-3-8(6-7)11-5-4-10/h1-3,6H,4-5,10H2. The average Bonchev–Trinajstić information content (AvgIpc) is 2.01. The Hall–Kier alpha value is -0.730. The minimum Gasteiger partial charge on any atom is -0.492 e. The van der Waals surface area contributed by atoms with Crippen molar-refractivity contribution in [3.05, 3.63) is 29.3 Å². The van der Waals surface area contributed by atoms with Crippen molar-refractivity contribution in [2.45, 2.75) is 0 Å². The van der Waals surface area contributed by atoms with E-state index in [2.05, 4.69) is 0 Å². The Labute approximate surface area is 70.9 Å². The summed E-state index contributed by atoms with van der Waals surface area (Å²) in [6.45, 7) is 1.05. The molecule has 0 heterocycles. The van der Waals surface area contributed by atoms with Gasteiger partial charge in [-0.2, -0.15) is 0 Å². The van der Waals surface area contributed by atoms with Crippen molar-refractivity contribution in [2.24, 2.45) is 5.73 Å². The molecule has 0 aromatic heterocycles. The van der Waals surface area contributed by atoms with Gasteiger partial charge in [-0.25, -0.2) is 0 Å². The van der Waals surface area contributed by atoms with E-state index in [1.165, 1.54) is 0 Å². The van der Waals surface area contributed by atoms with Gasteiger partial charge in [-0.05, 0) is 18.2 Å². The highest BCUT2D eigenvalue weighted by Crippen LogP contribution is 2.16. The highest BCUT2D eigenvalue weighted by Gasteiger charge is 1.92. The van der Waals surface area contributed by atoms with E-state index in [0.29, 0.717) is 18.2 Å². The van der Waals surface area contributed by atoms with Crippen molar-refractivity contribution in [1.82, 2.24) is 0 Å². The lowest BCUT2D eigenvalue weighted by Gasteiger charge is -2.03. The van der Waals surface area contributed by atoms with Crippen LogP contribution < -0.4 is 10.5 Å². The summed E-state index contributed by atoms with van der Waals surface area (Å²) in [6, 6.07) is 7.25. The second-order valence-electron chi connectivity index (χ2n) is 2.09. The summed E-state index contributed by atoms with van der Waals surface area (Å²) in [5.74, 6) is 0.767. The van der Waals surface area contributed by atoms with E-state index in [9.17, 15) is 0 Å². The normalized spacial score (nSPS) is 9.64. The molecular weight excluding hydrogens is 162 g/mol. The zero-order valence-electron chi connectivity index (χ0n) is 6.09. The molecule has 1 rings (SSSR count). The minimum atomic E-state index is 0.520. The Morgan fingerprint density at radius 3 is 2.91 bits per heavy atom. The third-order valence-corrected chi connectivity index (χ3v) is 1.42. The molecule has 0 saturated heterocycles. The van der Waals surface area contributed by atoms with Gasteiger partial charge in [0.15, 0.2) is 0 Å². The first-order valence-corrected chi connectivity index (χ1v) is 3.79. The summed E-state index contributed by atoms with van der Waals surface area (Å²) < 4.78 is 5.23. The number of nitrogens with two attached hydrogens (primary N) is 1. The van der Waals surface area contributed by atoms with Gasteiger partial charge in [0.1, 0.15) is 12.4 Å². The lowest BCUT2D eigenvalue weighted by Crippen LogP contribution is -2.10. The second kappa shape index (κ2) is 4.21. The van der Waals surface area contributed by atoms with Crippen LogP contribution in [0.15, 0.2) is 24.3 Å². The molecule has 1 aromatic carbocycles. The second-order valence-corrected chi connectivity index (χ2v) is 2.53. The summed E-state index contributed by atoms with van der Waals surface area (Å²) in [6.07, 6.45) is 0. The van der Waals surface area contributed by atoms with Crippen molar-refractivity contribution in [2.75, 3.05) is 13.2 Å². The van der Waals surface area contributed by atoms with Crippen molar-refractivity contribution in [1.29, 1.82) is 0 Å². The molecule has 0 spiro atoms. The van der Waals surface area contributed by atoms with Gasteiger partial charge in [-0.1, -0.05) is 17.7 Å². The molecule has 0 amide bonds. The van der Waals surface area contributed by atoms with E-state index in [4.69, 9.17) is 22.1 Å². The van der Waals surface area contributed by atoms with E-state index in [-0.39, 0.29) is 0 Å². The molecule has 1 aromatic rings. The van der Waals surface area contributed by atoms with Gasteiger partial charge in [-0.15, -0.1) is 0 Å². The number of rotatable bonds is 3. The van der Waals surface area contributed by atoms with Crippen molar-refractivity contribution in [3.63, 3.8) is 0 Å². The van der Waals surface area contributed by atoms with Crippen LogP contribution >= 0.6 is 11.6 Å². The number of benzene rings is 1. The SMILES string of the molecule is NCCOc1cccc(Cl)c1. The van der Waals surface area contributed by atoms with Gasteiger partial charge in [0.2, 0.25) is 0 Å². The van der Waals surface area contributed by atoms with Gasteiger partial charge >= 0.3 is 0 Å². The van der Waals surface area contributed by atoms with Crippen LogP contribution in [-0.2, 0) is 0 Å². The predicted octanol–water partition coefficient (Wildman–Crippen LogP) is 1.68.